The van der Waals surface area contributed by atoms with Crippen molar-refractivity contribution in [3.8, 4) is 11.5 Å². The molecule has 0 unspecified atom stereocenters. The van der Waals surface area contributed by atoms with Crippen LogP contribution in [0.3, 0.4) is 0 Å². The lowest BCUT2D eigenvalue weighted by Gasteiger charge is -2.30. The molecule has 6 heteroatoms. The molecule has 172 valence electrons. The maximum absolute atomic E-state index is 11.8. The first kappa shape index (κ1) is 24.2. The Bertz CT molecular complexity index is 938. The monoisotopic (exact) mass is 456 g/mol. The molecular formula is C26H32O5S. The zero-order valence-corrected chi connectivity index (χ0v) is 19.9. The maximum Gasteiger partial charge on any atom is 0.309 e. The molecule has 0 amide bonds. The van der Waals surface area contributed by atoms with Crippen molar-refractivity contribution in [2.24, 2.45) is 0 Å². The molecule has 5 nitrogen and oxygen atoms in total. The van der Waals surface area contributed by atoms with E-state index in [0.29, 0.717) is 23.0 Å². The molecule has 2 aromatic carbocycles. The summed E-state index contributed by atoms with van der Waals surface area (Å²) in [7, 11) is 1.40. The number of hydrogen-bond acceptors (Lipinski definition) is 6. The number of esters is 1. The second kappa shape index (κ2) is 11.4. The van der Waals surface area contributed by atoms with Crippen LogP contribution in [0.5, 0.6) is 11.5 Å². The van der Waals surface area contributed by atoms with Crippen LogP contribution in [0.15, 0.2) is 41.3 Å². The number of methoxy groups -OCH3 is 1. The van der Waals surface area contributed by atoms with E-state index < -0.39 is 0 Å². The third-order valence-corrected chi connectivity index (χ3v) is 7.10. The van der Waals surface area contributed by atoms with Crippen LogP contribution in [0.4, 0.5) is 0 Å². The Balaban J connectivity index is 1.64. The lowest BCUT2D eigenvalue weighted by atomic mass is 9.96. The van der Waals surface area contributed by atoms with E-state index in [4.69, 9.17) is 9.47 Å². The molecule has 1 aliphatic carbocycles. The van der Waals surface area contributed by atoms with Crippen molar-refractivity contribution in [2.75, 3.05) is 7.11 Å². The number of Topliss-reactive ketones (excluding diaryl/α,β-unsaturated/α-hetero) is 1. The fourth-order valence-corrected chi connectivity index (χ4v) is 5.39. The van der Waals surface area contributed by atoms with Crippen LogP contribution in [0.25, 0.3) is 0 Å². The fraction of sp³-hybridized carbons (Fsp3) is 0.462. The normalized spacial score (nSPS) is 18.2. The molecule has 0 bridgehead atoms. The molecule has 0 aliphatic heterocycles. The molecule has 0 radical (unpaired) electrons. The van der Waals surface area contributed by atoms with Crippen LogP contribution in [-0.4, -0.2) is 35.3 Å². The van der Waals surface area contributed by atoms with E-state index in [1.807, 2.05) is 36.9 Å². The highest BCUT2D eigenvalue weighted by Crippen LogP contribution is 2.38. The average molecular weight is 457 g/mol. The SMILES string of the molecule is CCCc1c(O[C@@H]2CCC[C@H](Sc3ccc(CC(=O)OC)cc3)C2)ccc(C(C)=O)c1O. The summed E-state index contributed by atoms with van der Waals surface area (Å²) < 4.78 is 11.1. The first-order valence-electron chi connectivity index (χ1n) is 11.3. The summed E-state index contributed by atoms with van der Waals surface area (Å²) in [4.78, 5) is 24.4. The standard InChI is InChI=1S/C26H32O5S/c1-4-6-23-24(14-13-22(17(2)27)26(23)29)31-19-7-5-8-21(16-19)32-20-11-9-18(10-12-20)15-25(28)30-3/h9-14,19,21,29H,4-8,15-16H2,1-3H3/t19-,21+/m1/s1. The molecular weight excluding hydrogens is 424 g/mol. The van der Waals surface area contributed by atoms with E-state index in [-0.39, 0.29) is 30.0 Å². The van der Waals surface area contributed by atoms with Gasteiger partial charge in [0.05, 0.1) is 25.2 Å². The zero-order valence-electron chi connectivity index (χ0n) is 19.1. The van der Waals surface area contributed by atoms with Crippen LogP contribution >= 0.6 is 11.8 Å². The number of aromatic hydroxyl groups is 1. The summed E-state index contributed by atoms with van der Waals surface area (Å²) in [6, 6.07) is 11.6. The summed E-state index contributed by atoms with van der Waals surface area (Å²) in [6.07, 6.45) is 6.03. The van der Waals surface area contributed by atoms with Gasteiger partial charge in [0.15, 0.2) is 5.78 Å². The minimum Gasteiger partial charge on any atom is -0.507 e. The van der Waals surface area contributed by atoms with E-state index in [2.05, 4.69) is 12.1 Å². The second-order valence-electron chi connectivity index (χ2n) is 8.29. The van der Waals surface area contributed by atoms with Crippen LogP contribution < -0.4 is 4.74 Å². The number of carbonyl (C=O) groups is 2. The Hall–Kier alpha value is -2.47. The van der Waals surface area contributed by atoms with Gasteiger partial charge in [-0.25, -0.2) is 0 Å². The van der Waals surface area contributed by atoms with Crippen molar-refractivity contribution in [1.29, 1.82) is 0 Å². The Morgan fingerprint density at radius 1 is 1.12 bits per heavy atom. The molecule has 0 spiro atoms. The number of ketones is 1. The van der Waals surface area contributed by atoms with Gasteiger partial charge in [-0.15, -0.1) is 11.8 Å². The number of phenolic OH excluding ortho intramolecular Hbond substituents is 1. The third kappa shape index (κ3) is 6.28. The summed E-state index contributed by atoms with van der Waals surface area (Å²) in [6.45, 7) is 3.52. The van der Waals surface area contributed by atoms with Crippen LogP contribution in [0, 0.1) is 0 Å². The predicted molar refractivity (Wildman–Crippen MR) is 127 cm³/mol. The summed E-state index contributed by atoms with van der Waals surface area (Å²) in [5, 5.41) is 11.1. The van der Waals surface area contributed by atoms with Crippen molar-refractivity contribution < 1.29 is 24.2 Å². The lowest BCUT2D eigenvalue weighted by molar-refractivity contribution is -0.139. The van der Waals surface area contributed by atoms with Crippen molar-refractivity contribution in [1.82, 2.24) is 0 Å². The van der Waals surface area contributed by atoms with Gasteiger partial charge in [-0.1, -0.05) is 25.5 Å². The molecule has 32 heavy (non-hydrogen) atoms. The topological polar surface area (TPSA) is 72.8 Å². The first-order valence-corrected chi connectivity index (χ1v) is 12.1. The number of carbonyl (C=O) groups excluding carboxylic acids is 2. The molecule has 1 aliphatic rings. The van der Waals surface area contributed by atoms with Crippen molar-refractivity contribution in [2.45, 2.75) is 75.0 Å². The largest absolute Gasteiger partial charge is 0.507 e. The number of rotatable bonds is 9. The Morgan fingerprint density at radius 2 is 1.88 bits per heavy atom. The molecule has 1 saturated carbocycles. The Kier molecular flexibility index (Phi) is 8.62. The van der Waals surface area contributed by atoms with Gasteiger partial charge in [0.1, 0.15) is 11.5 Å². The van der Waals surface area contributed by atoms with Gasteiger partial charge in [0, 0.05) is 15.7 Å². The van der Waals surface area contributed by atoms with E-state index in [1.54, 1.807) is 6.07 Å². The van der Waals surface area contributed by atoms with Gasteiger partial charge >= 0.3 is 5.97 Å². The molecule has 2 aromatic rings. The van der Waals surface area contributed by atoms with Crippen LogP contribution in [-0.2, 0) is 22.4 Å². The smallest absolute Gasteiger partial charge is 0.309 e. The third-order valence-electron chi connectivity index (χ3n) is 5.79. The maximum atomic E-state index is 11.8. The van der Waals surface area contributed by atoms with E-state index in [1.165, 1.54) is 18.9 Å². The van der Waals surface area contributed by atoms with Crippen LogP contribution in [0.2, 0.25) is 0 Å². The van der Waals surface area contributed by atoms with Crippen molar-refractivity contribution >= 4 is 23.5 Å². The summed E-state index contributed by atoms with van der Waals surface area (Å²) in [5.74, 6) is 0.378. The number of ether oxygens (including phenoxy) is 2. The van der Waals surface area contributed by atoms with E-state index >= 15 is 0 Å². The van der Waals surface area contributed by atoms with Crippen LogP contribution in [0.1, 0.15) is 67.4 Å². The van der Waals surface area contributed by atoms with Gasteiger partial charge < -0.3 is 14.6 Å². The number of phenols is 1. The summed E-state index contributed by atoms with van der Waals surface area (Å²) in [5.41, 5.74) is 2.04. The van der Waals surface area contributed by atoms with Gasteiger partial charge in [-0.05, 0) is 68.9 Å². The number of hydrogen-bond donors (Lipinski definition) is 1. The molecule has 0 aromatic heterocycles. The number of benzene rings is 2. The second-order valence-corrected chi connectivity index (χ2v) is 9.66. The molecule has 1 N–H and O–H groups in total. The highest BCUT2D eigenvalue weighted by atomic mass is 32.2. The van der Waals surface area contributed by atoms with Gasteiger partial charge in [0.25, 0.3) is 0 Å². The van der Waals surface area contributed by atoms with Gasteiger partial charge in [-0.3, -0.25) is 9.59 Å². The molecule has 1 fully saturated rings. The highest BCUT2D eigenvalue weighted by molar-refractivity contribution is 8.00. The first-order chi connectivity index (χ1) is 15.4. The lowest BCUT2D eigenvalue weighted by Crippen LogP contribution is -2.27. The minimum absolute atomic E-state index is 0.0608. The molecule has 2 atom stereocenters. The van der Waals surface area contributed by atoms with E-state index in [0.717, 1.165) is 43.2 Å². The van der Waals surface area contributed by atoms with Gasteiger partial charge in [0.2, 0.25) is 0 Å². The average Bonchev–Trinajstić information content (AvgIpc) is 2.77. The van der Waals surface area contributed by atoms with Crippen molar-refractivity contribution in [3.05, 3.63) is 53.1 Å². The van der Waals surface area contributed by atoms with Crippen molar-refractivity contribution in [3.63, 3.8) is 0 Å². The highest BCUT2D eigenvalue weighted by Gasteiger charge is 2.26. The fourth-order valence-electron chi connectivity index (χ4n) is 4.12. The van der Waals surface area contributed by atoms with Gasteiger partial charge in [-0.2, -0.15) is 0 Å². The Labute approximate surface area is 194 Å². The Morgan fingerprint density at radius 3 is 2.53 bits per heavy atom. The quantitative estimate of drug-likeness (QED) is 0.383. The van der Waals surface area contributed by atoms with E-state index in [9.17, 15) is 14.7 Å². The minimum atomic E-state index is -0.234. The number of thioether (sulfide) groups is 1. The molecule has 3 rings (SSSR count). The predicted octanol–water partition coefficient (Wildman–Crippen LogP) is 5.75. The zero-order chi connectivity index (χ0) is 23.1. The summed E-state index contributed by atoms with van der Waals surface area (Å²) >= 11 is 1.85. The molecule has 0 heterocycles. The molecule has 0 saturated heterocycles.